The van der Waals surface area contributed by atoms with Gasteiger partial charge in [-0.25, -0.2) is 4.98 Å². The molecular weight excluding hydrogens is 234 g/mol. The Morgan fingerprint density at radius 2 is 1.41 bits per heavy atom. The van der Waals surface area contributed by atoms with E-state index in [0.29, 0.717) is 11.1 Å². The van der Waals surface area contributed by atoms with Crippen molar-refractivity contribution in [3.8, 4) is 11.1 Å². The van der Waals surface area contributed by atoms with Gasteiger partial charge in [0.2, 0.25) is 5.95 Å². The predicted molar refractivity (Wildman–Crippen MR) is 54.6 cm³/mol. The molecule has 1 nitrogen and oxygen atoms in total. The van der Waals surface area contributed by atoms with Crippen molar-refractivity contribution < 1.29 is 17.6 Å². The van der Waals surface area contributed by atoms with Gasteiger partial charge in [-0.1, -0.05) is 12.1 Å². The highest BCUT2D eigenvalue weighted by Crippen LogP contribution is 2.30. The van der Waals surface area contributed by atoms with Crippen LogP contribution in [-0.2, 0) is 6.18 Å². The van der Waals surface area contributed by atoms with E-state index in [9.17, 15) is 17.6 Å². The molecule has 0 unspecified atom stereocenters. The third-order valence-electron chi connectivity index (χ3n) is 2.27. The van der Waals surface area contributed by atoms with E-state index in [4.69, 9.17) is 0 Å². The van der Waals surface area contributed by atoms with Gasteiger partial charge in [0.1, 0.15) is 0 Å². The van der Waals surface area contributed by atoms with E-state index in [1.165, 1.54) is 24.4 Å². The van der Waals surface area contributed by atoms with Crippen molar-refractivity contribution in [2.75, 3.05) is 0 Å². The largest absolute Gasteiger partial charge is 0.416 e. The molecule has 0 bridgehead atoms. The third kappa shape index (κ3) is 2.61. The Hall–Kier alpha value is -1.91. The molecule has 0 fully saturated rings. The van der Waals surface area contributed by atoms with Gasteiger partial charge in [-0.3, -0.25) is 0 Å². The fraction of sp³-hybridized carbons (Fsp3) is 0.0833. The minimum absolute atomic E-state index is 0.561. The van der Waals surface area contributed by atoms with Gasteiger partial charge in [-0.05, 0) is 29.8 Å². The first-order valence-electron chi connectivity index (χ1n) is 4.76. The maximum Gasteiger partial charge on any atom is 0.416 e. The summed E-state index contributed by atoms with van der Waals surface area (Å²) in [6.45, 7) is 0. The zero-order chi connectivity index (χ0) is 12.5. The van der Waals surface area contributed by atoms with Crippen LogP contribution in [0.5, 0.6) is 0 Å². The van der Waals surface area contributed by atoms with Gasteiger partial charge < -0.3 is 0 Å². The number of nitrogens with zero attached hydrogens (tertiary/aromatic N) is 1. The van der Waals surface area contributed by atoms with Crippen molar-refractivity contribution in [2.45, 2.75) is 6.18 Å². The second kappa shape index (κ2) is 4.16. The molecule has 0 N–H and O–H groups in total. The maximum atomic E-state index is 12.6. The lowest BCUT2D eigenvalue weighted by molar-refractivity contribution is -0.137. The summed E-state index contributed by atoms with van der Waals surface area (Å²) in [7, 11) is 0. The summed E-state index contributed by atoms with van der Waals surface area (Å²) in [5, 5.41) is 0. The quantitative estimate of drug-likeness (QED) is 0.545. The molecule has 2 rings (SSSR count). The highest BCUT2D eigenvalue weighted by Gasteiger charge is 2.29. The number of halogens is 4. The van der Waals surface area contributed by atoms with Crippen LogP contribution in [0.15, 0.2) is 42.6 Å². The summed E-state index contributed by atoms with van der Waals surface area (Å²) in [6.07, 6.45) is -3.07. The standard InChI is InChI=1S/C12H7F4N/c13-11-6-3-9(7-17-11)8-1-4-10(5-2-8)12(14,15)16/h1-7H. The lowest BCUT2D eigenvalue weighted by atomic mass is 10.1. The number of alkyl halides is 3. The predicted octanol–water partition coefficient (Wildman–Crippen LogP) is 3.91. The molecule has 0 aliphatic carbocycles. The maximum absolute atomic E-state index is 12.6. The summed E-state index contributed by atoms with van der Waals surface area (Å²) < 4.78 is 49.5. The van der Waals surface area contributed by atoms with E-state index in [1.807, 2.05) is 0 Å². The van der Waals surface area contributed by atoms with Gasteiger partial charge in [-0.2, -0.15) is 17.6 Å². The lowest BCUT2D eigenvalue weighted by Crippen LogP contribution is -2.03. The van der Waals surface area contributed by atoms with E-state index in [0.717, 1.165) is 18.2 Å². The molecule has 1 aromatic carbocycles. The topological polar surface area (TPSA) is 12.9 Å². The lowest BCUT2D eigenvalue weighted by Gasteiger charge is -2.07. The summed E-state index contributed by atoms with van der Waals surface area (Å²) >= 11 is 0. The molecule has 0 saturated heterocycles. The number of pyridine rings is 1. The van der Waals surface area contributed by atoms with Crippen molar-refractivity contribution in [1.82, 2.24) is 4.98 Å². The van der Waals surface area contributed by atoms with Crippen LogP contribution in [0, 0.1) is 5.95 Å². The van der Waals surface area contributed by atoms with Crippen LogP contribution in [0.2, 0.25) is 0 Å². The van der Waals surface area contributed by atoms with E-state index in [1.54, 1.807) is 0 Å². The van der Waals surface area contributed by atoms with Crippen molar-refractivity contribution in [1.29, 1.82) is 0 Å². The second-order valence-corrected chi connectivity index (χ2v) is 3.44. The minimum Gasteiger partial charge on any atom is -0.228 e. The average Bonchev–Trinajstić information content (AvgIpc) is 2.29. The van der Waals surface area contributed by atoms with Crippen LogP contribution in [0.3, 0.4) is 0 Å². The third-order valence-corrected chi connectivity index (χ3v) is 2.27. The molecule has 0 saturated carbocycles. The Labute approximate surface area is 94.7 Å². The number of benzene rings is 1. The van der Waals surface area contributed by atoms with Crippen molar-refractivity contribution in [3.05, 3.63) is 54.1 Å². The van der Waals surface area contributed by atoms with Gasteiger partial charge in [0.15, 0.2) is 0 Å². The molecule has 0 aliphatic heterocycles. The Kier molecular flexibility index (Phi) is 2.83. The molecule has 0 amide bonds. The molecule has 1 heterocycles. The second-order valence-electron chi connectivity index (χ2n) is 3.44. The van der Waals surface area contributed by atoms with Gasteiger partial charge >= 0.3 is 6.18 Å². The van der Waals surface area contributed by atoms with Gasteiger partial charge in [0.25, 0.3) is 0 Å². The number of hydrogen-bond acceptors (Lipinski definition) is 1. The van der Waals surface area contributed by atoms with E-state index < -0.39 is 17.7 Å². The minimum atomic E-state index is -4.35. The fourth-order valence-electron chi connectivity index (χ4n) is 1.40. The first kappa shape index (κ1) is 11.6. The summed E-state index contributed by atoms with van der Waals surface area (Å²) in [6, 6.07) is 7.25. The van der Waals surface area contributed by atoms with Crippen molar-refractivity contribution in [3.63, 3.8) is 0 Å². The molecule has 2 aromatic rings. The highest BCUT2D eigenvalue weighted by atomic mass is 19.4. The van der Waals surface area contributed by atoms with Crippen LogP contribution < -0.4 is 0 Å². The Morgan fingerprint density at radius 3 is 1.88 bits per heavy atom. The van der Waals surface area contributed by atoms with E-state index in [2.05, 4.69) is 4.98 Å². The Balaban J connectivity index is 2.33. The number of rotatable bonds is 1. The average molecular weight is 241 g/mol. The molecular formula is C12H7F4N. The number of aromatic nitrogens is 1. The molecule has 0 spiro atoms. The summed E-state index contributed by atoms with van der Waals surface area (Å²) in [5.41, 5.74) is 0.418. The molecule has 0 atom stereocenters. The molecule has 17 heavy (non-hydrogen) atoms. The van der Waals surface area contributed by atoms with Crippen LogP contribution in [0.25, 0.3) is 11.1 Å². The van der Waals surface area contributed by atoms with Crippen LogP contribution >= 0.6 is 0 Å². The van der Waals surface area contributed by atoms with Crippen LogP contribution in [-0.4, -0.2) is 4.98 Å². The number of hydrogen-bond donors (Lipinski definition) is 0. The van der Waals surface area contributed by atoms with E-state index >= 15 is 0 Å². The normalized spacial score (nSPS) is 11.5. The first-order chi connectivity index (χ1) is 7.97. The van der Waals surface area contributed by atoms with Gasteiger partial charge in [-0.15, -0.1) is 0 Å². The molecule has 88 valence electrons. The summed E-state index contributed by atoms with van der Waals surface area (Å²) in [5.74, 6) is -0.624. The van der Waals surface area contributed by atoms with Gasteiger partial charge in [0.05, 0.1) is 5.56 Å². The smallest absolute Gasteiger partial charge is 0.228 e. The van der Waals surface area contributed by atoms with Crippen molar-refractivity contribution in [2.24, 2.45) is 0 Å². The van der Waals surface area contributed by atoms with Gasteiger partial charge in [0, 0.05) is 11.8 Å². The molecule has 1 aromatic heterocycles. The molecule has 5 heteroatoms. The van der Waals surface area contributed by atoms with Crippen LogP contribution in [0.4, 0.5) is 17.6 Å². The van der Waals surface area contributed by atoms with E-state index in [-0.39, 0.29) is 0 Å². The monoisotopic (exact) mass is 241 g/mol. The highest BCUT2D eigenvalue weighted by molar-refractivity contribution is 5.62. The van der Waals surface area contributed by atoms with Crippen LogP contribution in [0.1, 0.15) is 5.56 Å². The fourth-order valence-corrected chi connectivity index (χ4v) is 1.40. The SMILES string of the molecule is Fc1ccc(-c2ccc(C(F)(F)F)cc2)cn1. The summed E-state index contributed by atoms with van der Waals surface area (Å²) in [4.78, 5) is 3.44. The zero-order valence-electron chi connectivity index (χ0n) is 8.50. The Morgan fingerprint density at radius 1 is 0.824 bits per heavy atom. The zero-order valence-corrected chi connectivity index (χ0v) is 8.50. The Bertz CT molecular complexity index is 500. The van der Waals surface area contributed by atoms with Crippen molar-refractivity contribution >= 4 is 0 Å². The molecule has 0 radical (unpaired) electrons. The first-order valence-corrected chi connectivity index (χ1v) is 4.76. The molecule has 0 aliphatic rings.